The zero-order valence-electron chi connectivity index (χ0n) is 28.7. The van der Waals surface area contributed by atoms with E-state index >= 15 is 0 Å². The number of nitrogens with zero attached hydrogens (tertiary/aromatic N) is 1. The highest BCUT2D eigenvalue weighted by Gasteiger charge is 2.04. The molecule has 0 aromatic rings. The molecule has 0 aromatic heterocycles. The summed E-state index contributed by atoms with van der Waals surface area (Å²) in [6.07, 6.45) is 49.8. The summed E-state index contributed by atoms with van der Waals surface area (Å²) >= 11 is 0. The molecule has 0 saturated heterocycles. The summed E-state index contributed by atoms with van der Waals surface area (Å²) in [5, 5.41) is 0. The quantitative estimate of drug-likeness (QED) is 0.0602. The number of rotatable bonds is 35. The second kappa shape index (κ2) is 37.4. The molecule has 0 saturated carbocycles. The van der Waals surface area contributed by atoms with Crippen LogP contribution in [0.3, 0.4) is 0 Å². The first-order valence-electron chi connectivity index (χ1n) is 19.1. The van der Waals surface area contributed by atoms with E-state index in [4.69, 9.17) is 5.73 Å². The van der Waals surface area contributed by atoms with Crippen LogP contribution in [0.15, 0.2) is 24.3 Å². The van der Waals surface area contributed by atoms with E-state index in [0.29, 0.717) is 0 Å². The summed E-state index contributed by atoms with van der Waals surface area (Å²) in [7, 11) is 0. The van der Waals surface area contributed by atoms with E-state index in [1.165, 1.54) is 199 Å². The maximum absolute atomic E-state index is 5.82. The van der Waals surface area contributed by atoms with E-state index < -0.39 is 0 Å². The molecule has 0 atom stereocenters. The molecule has 0 heterocycles. The van der Waals surface area contributed by atoms with Crippen molar-refractivity contribution in [2.24, 2.45) is 5.73 Å². The van der Waals surface area contributed by atoms with Gasteiger partial charge in [0.2, 0.25) is 0 Å². The minimum Gasteiger partial charge on any atom is -0.330 e. The minimum absolute atomic E-state index is 0.830. The van der Waals surface area contributed by atoms with Gasteiger partial charge >= 0.3 is 0 Å². The fourth-order valence-corrected chi connectivity index (χ4v) is 5.82. The van der Waals surface area contributed by atoms with Gasteiger partial charge in [-0.15, -0.1) is 0 Å². The fraction of sp³-hybridized carbons (Fsp3) is 0.897. The van der Waals surface area contributed by atoms with Crippen molar-refractivity contribution < 1.29 is 0 Å². The zero-order valence-corrected chi connectivity index (χ0v) is 28.7. The van der Waals surface area contributed by atoms with Gasteiger partial charge in [-0.1, -0.05) is 154 Å². The highest BCUT2D eigenvalue weighted by molar-refractivity contribution is 4.82. The molecule has 0 spiro atoms. The van der Waals surface area contributed by atoms with Crippen molar-refractivity contribution in [3.63, 3.8) is 0 Å². The Kier molecular flexibility index (Phi) is 36.9. The highest BCUT2D eigenvalue weighted by atomic mass is 15.1. The van der Waals surface area contributed by atoms with Crippen LogP contribution in [0.4, 0.5) is 0 Å². The Morgan fingerprint density at radius 1 is 0.341 bits per heavy atom. The lowest BCUT2D eigenvalue weighted by Crippen LogP contribution is -2.28. The van der Waals surface area contributed by atoms with Crippen molar-refractivity contribution >= 4 is 0 Å². The summed E-state index contributed by atoms with van der Waals surface area (Å²) in [6.45, 7) is 9.18. The largest absolute Gasteiger partial charge is 0.330 e. The summed E-state index contributed by atoms with van der Waals surface area (Å²) < 4.78 is 0. The van der Waals surface area contributed by atoms with Crippen molar-refractivity contribution in [1.29, 1.82) is 0 Å². The van der Waals surface area contributed by atoms with Gasteiger partial charge in [-0.25, -0.2) is 0 Å². The molecule has 2 N–H and O–H groups in total. The van der Waals surface area contributed by atoms with Crippen LogP contribution in [0.25, 0.3) is 0 Å². The molecule has 0 aliphatic carbocycles. The van der Waals surface area contributed by atoms with Crippen LogP contribution in [0, 0.1) is 0 Å². The molecule has 0 bridgehead atoms. The molecule has 0 aliphatic rings. The standard InChI is InChI=1S/C39H78N2/c1-3-5-7-9-11-13-15-17-19-21-23-25-27-29-31-33-37-41(39-35-36-40)38-34-32-30-28-26-24-22-20-18-16-14-12-10-8-6-4-2/h17,19-20,22H,3-16,18,21,23-40H2,1-2H3/b19-17+,22-20+. The van der Waals surface area contributed by atoms with Gasteiger partial charge in [-0.3, -0.25) is 0 Å². The minimum atomic E-state index is 0.830. The van der Waals surface area contributed by atoms with E-state index in [2.05, 4.69) is 43.1 Å². The summed E-state index contributed by atoms with van der Waals surface area (Å²) in [5.41, 5.74) is 5.82. The number of allylic oxidation sites excluding steroid dienone is 4. The first-order valence-corrected chi connectivity index (χ1v) is 19.1. The second-order valence-corrected chi connectivity index (χ2v) is 12.9. The van der Waals surface area contributed by atoms with Crippen LogP contribution in [0.2, 0.25) is 0 Å². The Labute approximate surface area is 260 Å². The van der Waals surface area contributed by atoms with Crippen molar-refractivity contribution in [3.8, 4) is 0 Å². The van der Waals surface area contributed by atoms with Gasteiger partial charge in [0.25, 0.3) is 0 Å². The summed E-state index contributed by atoms with van der Waals surface area (Å²) in [6, 6.07) is 0. The van der Waals surface area contributed by atoms with E-state index in [1.807, 2.05) is 0 Å². The lowest BCUT2D eigenvalue weighted by atomic mass is 10.1. The van der Waals surface area contributed by atoms with Gasteiger partial charge in [0.05, 0.1) is 0 Å². The van der Waals surface area contributed by atoms with Crippen LogP contribution >= 0.6 is 0 Å². The van der Waals surface area contributed by atoms with Gasteiger partial charge in [-0.05, 0) is 96.8 Å². The first kappa shape index (κ1) is 40.4. The maximum Gasteiger partial charge on any atom is -0.000672 e. The predicted octanol–water partition coefficient (Wildman–Crippen LogP) is 12.7. The van der Waals surface area contributed by atoms with Crippen LogP contribution in [-0.4, -0.2) is 31.1 Å². The Bertz CT molecular complexity index is 512. The number of hydrogen-bond acceptors (Lipinski definition) is 2. The SMILES string of the molecule is CCCCCCCC/C=C/CCCCCCCCN(CCCN)CCCCCCC/C=C/CCCCCCCCC. The average Bonchev–Trinajstić information content (AvgIpc) is 2.98. The molecule has 2 heteroatoms. The zero-order chi connectivity index (χ0) is 29.7. The van der Waals surface area contributed by atoms with Crippen molar-refractivity contribution in [2.45, 2.75) is 200 Å². The van der Waals surface area contributed by atoms with Gasteiger partial charge < -0.3 is 10.6 Å². The van der Waals surface area contributed by atoms with E-state index in [0.717, 1.165) is 13.0 Å². The maximum atomic E-state index is 5.82. The number of hydrogen-bond donors (Lipinski definition) is 1. The molecular formula is C39H78N2. The Balaban J connectivity index is 3.54. The second-order valence-electron chi connectivity index (χ2n) is 12.9. The number of nitrogens with two attached hydrogens (primary N) is 1. The van der Waals surface area contributed by atoms with Gasteiger partial charge in [0.1, 0.15) is 0 Å². The highest BCUT2D eigenvalue weighted by Crippen LogP contribution is 2.13. The van der Waals surface area contributed by atoms with Gasteiger partial charge in [0.15, 0.2) is 0 Å². The Morgan fingerprint density at radius 2 is 0.610 bits per heavy atom. The normalized spacial score (nSPS) is 12.1. The Hall–Kier alpha value is -0.600. The van der Waals surface area contributed by atoms with Crippen LogP contribution in [-0.2, 0) is 0 Å². The average molecular weight is 575 g/mol. The smallest absolute Gasteiger partial charge is 0.000672 e. The van der Waals surface area contributed by atoms with E-state index in [1.54, 1.807) is 0 Å². The third kappa shape index (κ3) is 35.5. The molecule has 244 valence electrons. The molecule has 0 aromatic carbocycles. The third-order valence-corrected chi connectivity index (χ3v) is 8.65. The van der Waals surface area contributed by atoms with Gasteiger partial charge in [0, 0.05) is 0 Å². The molecule has 0 aliphatic heterocycles. The van der Waals surface area contributed by atoms with Crippen LogP contribution in [0.5, 0.6) is 0 Å². The predicted molar refractivity (Wildman–Crippen MR) is 189 cm³/mol. The molecule has 41 heavy (non-hydrogen) atoms. The lowest BCUT2D eigenvalue weighted by Gasteiger charge is -2.22. The van der Waals surface area contributed by atoms with Crippen molar-refractivity contribution in [2.75, 3.05) is 26.2 Å². The Morgan fingerprint density at radius 3 is 0.927 bits per heavy atom. The molecule has 0 radical (unpaired) electrons. The first-order chi connectivity index (χ1) is 20.3. The monoisotopic (exact) mass is 575 g/mol. The summed E-state index contributed by atoms with van der Waals surface area (Å²) in [5.74, 6) is 0. The summed E-state index contributed by atoms with van der Waals surface area (Å²) in [4.78, 5) is 2.70. The van der Waals surface area contributed by atoms with Crippen molar-refractivity contribution in [3.05, 3.63) is 24.3 Å². The molecule has 0 rings (SSSR count). The fourth-order valence-electron chi connectivity index (χ4n) is 5.82. The van der Waals surface area contributed by atoms with Crippen molar-refractivity contribution in [1.82, 2.24) is 4.90 Å². The lowest BCUT2D eigenvalue weighted by molar-refractivity contribution is 0.258. The molecule has 0 amide bonds. The van der Waals surface area contributed by atoms with Crippen LogP contribution in [0.1, 0.15) is 200 Å². The third-order valence-electron chi connectivity index (χ3n) is 8.65. The molecule has 0 fully saturated rings. The van der Waals surface area contributed by atoms with E-state index in [-0.39, 0.29) is 0 Å². The molecular weight excluding hydrogens is 496 g/mol. The number of unbranched alkanes of at least 4 members (excludes halogenated alkanes) is 24. The van der Waals surface area contributed by atoms with Crippen LogP contribution < -0.4 is 5.73 Å². The molecule has 2 nitrogen and oxygen atoms in total. The molecule has 0 unspecified atom stereocenters. The topological polar surface area (TPSA) is 29.3 Å². The van der Waals surface area contributed by atoms with Gasteiger partial charge in [-0.2, -0.15) is 0 Å². The van der Waals surface area contributed by atoms with E-state index in [9.17, 15) is 0 Å².